The molecule has 0 saturated carbocycles. The molecule has 33 heavy (non-hydrogen) atoms. The summed E-state index contributed by atoms with van der Waals surface area (Å²) in [6, 6.07) is 17.9. The average Bonchev–Trinajstić information content (AvgIpc) is 2.83. The number of carbonyl (C=O) groups is 1. The molecule has 1 heterocycles. The van der Waals surface area contributed by atoms with Gasteiger partial charge in [-0.1, -0.05) is 38.1 Å². The zero-order valence-electron chi connectivity index (χ0n) is 19.7. The van der Waals surface area contributed by atoms with Gasteiger partial charge in [-0.05, 0) is 55.2 Å². The van der Waals surface area contributed by atoms with Crippen LogP contribution in [0.1, 0.15) is 49.5 Å². The molecule has 0 aliphatic heterocycles. The maximum absolute atomic E-state index is 11.2. The lowest BCUT2D eigenvalue weighted by molar-refractivity contribution is 0.0696. The summed E-state index contributed by atoms with van der Waals surface area (Å²) in [6.45, 7) is 10.7. The molecule has 0 spiro atoms. The number of rotatable bonds is 11. The number of carboxylic acids is 1. The molecule has 0 atom stereocenters. The predicted molar refractivity (Wildman–Crippen MR) is 132 cm³/mol. The van der Waals surface area contributed by atoms with Crippen molar-refractivity contribution < 1.29 is 19.4 Å². The molecule has 0 unspecified atom stereocenters. The van der Waals surface area contributed by atoms with Crippen LogP contribution in [0.25, 0.3) is 11.1 Å². The first kappa shape index (κ1) is 24.3. The Balaban J connectivity index is 2.02. The highest BCUT2D eigenvalue weighted by Gasteiger charge is 2.17. The lowest BCUT2D eigenvalue weighted by atomic mass is 9.92. The standard InChI is InChI=1S/C27H32N2O4/c1-5-29(26-14-11-20(18-28-26)27(30)31)21-12-13-24(25(17-21)33-16-15-32-6-2)23-10-8-7-9-22(23)19(3)4/h7-14,17-19H,5-6,15-16H2,1-4H3,(H,30,31). The van der Waals surface area contributed by atoms with Crippen molar-refractivity contribution in [1.29, 1.82) is 0 Å². The fourth-order valence-electron chi connectivity index (χ4n) is 3.77. The highest BCUT2D eigenvalue weighted by atomic mass is 16.5. The Labute approximate surface area is 195 Å². The molecular weight excluding hydrogens is 416 g/mol. The van der Waals surface area contributed by atoms with Gasteiger partial charge in [0.1, 0.15) is 18.2 Å². The van der Waals surface area contributed by atoms with Crippen LogP contribution >= 0.6 is 0 Å². The van der Waals surface area contributed by atoms with Gasteiger partial charge in [0.15, 0.2) is 0 Å². The highest BCUT2D eigenvalue weighted by Crippen LogP contribution is 2.39. The van der Waals surface area contributed by atoms with E-state index >= 15 is 0 Å². The summed E-state index contributed by atoms with van der Waals surface area (Å²) in [6.07, 6.45) is 1.38. The molecule has 2 aromatic carbocycles. The Kier molecular flexibility index (Phi) is 8.44. The molecule has 6 nitrogen and oxygen atoms in total. The topological polar surface area (TPSA) is 71.9 Å². The van der Waals surface area contributed by atoms with E-state index in [1.807, 2.05) is 30.9 Å². The van der Waals surface area contributed by atoms with Crippen molar-refractivity contribution in [3.8, 4) is 16.9 Å². The number of aromatic carboxylic acids is 1. The molecule has 1 N–H and O–H groups in total. The molecule has 1 aromatic heterocycles. The molecule has 3 rings (SSSR count). The highest BCUT2D eigenvalue weighted by molar-refractivity contribution is 5.87. The van der Waals surface area contributed by atoms with Crippen molar-refractivity contribution in [2.75, 3.05) is 31.3 Å². The van der Waals surface area contributed by atoms with Crippen molar-refractivity contribution in [3.63, 3.8) is 0 Å². The molecular formula is C27H32N2O4. The first-order chi connectivity index (χ1) is 16.0. The number of carboxylic acid groups (broad SMARTS) is 1. The van der Waals surface area contributed by atoms with Crippen LogP contribution in [0.2, 0.25) is 0 Å². The summed E-state index contributed by atoms with van der Waals surface area (Å²) in [5.74, 6) is 0.843. The van der Waals surface area contributed by atoms with Gasteiger partial charge in [-0.25, -0.2) is 9.78 Å². The van der Waals surface area contributed by atoms with Gasteiger partial charge in [0.05, 0.1) is 12.2 Å². The van der Waals surface area contributed by atoms with Crippen LogP contribution in [0.3, 0.4) is 0 Å². The largest absolute Gasteiger partial charge is 0.490 e. The molecule has 174 valence electrons. The smallest absolute Gasteiger partial charge is 0.337 e. The van der Waals surface area contributed by atoms with Gasteiger partial charge in [0.2, 0.25) is 0 Å². The Morgan fingerprint density at radius 1 is 1.03 bits per heavy atom. The summed E-state index contributed by atoms with van der Waals surface area (Å²) < 4.78 is 11.7. The van der Waals surface area contributed by atoms with Crippen molar-refractivity contribution in [2.45, 2.75) is 33.6 Å². The molecule has 0 aliphatic carbocycles. The maximum atomic E-state index is 11.2. The zero-order valence-corrected chi connectivity index (χ0v) is 19.7. The van der Waals surface area contributed by atoms with Gasteiger partial charge >= 0.3 is 5.97 Å². The summed E-state index contributed by atoms with van der Waals surface area (Å²) >= 11 is 0. The van der Waals surface area contributed by atoms with Crippen LogP contribution in [0, 0.1) is 0 Å². The Bertz CT molecular complexity index is 1060. The van der Waals surface area contributed by atoms with E-state index in [1.54, 1.807) is 12.1 Å². The molecule has 0 saturated heterocycles. The van der Waals surface area contributed by atoms with Crippen LogP contribution in [0.4, 0.5) is 11.5 Å². The quantitative estimate of drug-likeness (QED) is 0.355. The average molecular weight is 449 g/mol. The minimum atomic E-state index is -0.991. The van der Waals surface area contributed by atoms with Crippen LogP contribution in [0.5, 0.6) is 5.75 Å². The number of pyridine rings is 1. The molecule has 0 fully saturated rings. The zero-order chi connectivity index (χ0) is 23.8. The first-order valence-electron chi connectivity index (χ1n) is 11.4. The van der Waals surface area contributed by atoms with Gasteiger partial charge in [-0.2, -0.15) is 0 Å². The second kappa shape index (κ2) is 11.5. The third-order valence-corrected chi connectivity index (χ3v) is 5.43. The molecule has 0 bridgehead atoms. The van der Waals surface area contributed by atoms with E-state index < -0.39 is 5.97 Å². The fraction of sp³-hybridized carbons (Fsp3) is 0.333. The lowest BCUT2D eigenvalue weighted by Gasteiger charge is -2.24. The second-order valence-corrected chi connectivity index (χ2v) is 7.92. The molecule has 0 radical (unpaired) electrons. The number of benzene rings is 2. The number of anilines is 2. The van der Waals surface area contributed by atoms with E-state index in [1.165, 1.54) is 11.8 Å². The SMILES string of the molecule is CCOCCOc1cc(N(CC)c2ccc(C(=O)O)cn2)ccc1-c1ccccc1C(C)C. The summed E-state index contributed by atoms with van der Waals surface area (Å²) in [7, 11) is 0. The van der Waals surface area contributed by atoms with Crippen LogP contribution in [0.15, 0.2) is 60.8 Å². The Morgan fingerprint density at radius 3 is 2.45 bits per heavy atom. The van der Waals surface area contributed by atoms with E-state index in [2.05, 4.69) is 49.2 Å². The van der Waals surface area contributed by atoms with E-state index in [0.29, 0.717) is 38.1 Å². The van der Waals surface area contributed by atoms with Crippen molar-refractivity contribution in [1.82, 2.24) is 4.98 Å². The monoisotopic (exact) mass is 448 g/mol. The van der Waals surface area contributed by atoms with Gasteiger partial charge in [-0.3, -0.25) is 0 Å². The maximum Gasteiger partial charge on any atom is 0.337 e. The minimum Gasteiger partial charge on any atom is -0.490 e. The van der Waals surface area contributed by atoms with Crippen LogP contribution in [-0.4, -0.2) is 42.4 Å². The number of ether oxygens (including phenoxy) is 2. The first-order valence-corrected chi connectivity index (χ1v) is 11.4. The molecule has 0 aliphatic rings. The molecule has 0 amide bonds. The second-order valence-electron chi connectivity index (χ2n) is 7.92. The molecule has 6 heteroatoms. The summed E-state index contributed by atoms with van der Waals surface area (Å²) in [5.41, 5.74) is 4.53. The third-order valence-electron chi connectivity index (χ3n) is 5.43. The van der Waals surface area contributed by atoms with Crippen molar-refractivity contribution >= 4 is 17.5 Å². The number of aromatic nitrogens is 1. The summed E-state index contributed by atoms with van der Waals surface area (Å²) in [4.78, 5) is 17.6. The van der Waals surface area contributed by atoms with E-state index in [-0.39, 0.29) is 5.56 Å². The van der Waals surface area contributed by atoms with Crippen molar-refractivity contribution in [3.05, 3.63) is 71.9 Å². The predicted octanol–water partition coefficient (Wildman–Crippen LogP) is 6.14. The Hall–Kier alpha value is -3.38. The van der Waals surface area contributed by atoms with Gasteiger partial charge < -0.3 is 19.5 Å². The summed E-state index contributed by atoms with van der Waals surface area (Å²) in [5, 5.41) is 9.17. The van der Waals surface area contributed by atoms with Gasteiger partial charge in [0, 0.05) is 36.7 Å². The minimum absolute atomic E-state index is 0.162. The van der Waals surface area contributed by atoms with Gasteiger partial charge in [-0.15, -0.1) is 0 Å². The van der Waals surface area contributed by atoms with E-state index in [0.717, 1.165) is 22.6 Å². The fourth-order valence-corrected chi connectivity index (χ4v) is 3.77. The lowest BCUT2D eigenvalue weighted by Crippen LogP contribution is -2.18. The number of hydrogen-bond donors (Lipinski definition) is 1. The Morgan fingerprint density at radius 2 is 1.82 bits per heavy atom. The van der Waals surface area contributed by atoms with Crippen molar-refractivity contribution in [2.24, 2.45) is 0 Å². The van der Waals surface area contributed by atoms with E-state index in [9.17, 15) is 4.79 Å². The normalized spacial score (nSPS) is 10.9. The molecule has 3 aromatic rings. The van der Waals surface area contributed by atoms with Crippen LogP contribution in [-0.2, 0) is 4.74 Å². The number of nitrogens with zero attached hydrogens (tertiary/aromatic N) is 2. The van der Waals surface area contributed by atoms with Crippen LogP contribution < -0.4 is 9.64 Å². The third kappa shape index (κ3) is 5.90. The number of hydrogen-bond acceptors (Lipinski definition) is 5. The van der Waals surface area contributed by atoms with E-state index in [4.69, 9.17) is 14.6 Å². The van der Waals surface area contributed by atoms with Gasteiger partial charge in [0.25, 0.3) is 0 Å².